The fourth-order valence-electron chi connectivity index (χ4n) is 1.86. The highest BCUT2D eigenvalue weighted by molar-refractivity contribution is 5.80. The van der Waals surface area contributed by atoms with E-state index in [1.165, 1.54) is 0 Å². The van der Waals surface area contributed by atoms with Gasteiger partial charge in [0.2, 0.25) is 5.91 Å². The van der Waals surface area contributed by atoms with E-state index in [9.17, 15) is 9.90 Å². The highest BCUT2D eigenvalue weighted by atomic mass is 16.3. The molecule has 0 aromatic heterocycles. The first-order chi connectivity index (χ1) is 6.57. The Kier molecular flexibility index (Phi) is 3.89. The lowest BCUT2D eigenvalue weighted by Gasteiger charge is -2.24. The Morgan fingerprint density at radius 3 is 2.57 bits per heavy atom. The minimum Gasteiger partial charge on any atom is -0.389 e. The minimum absolute atomic E-state index is 0.0356. The van der Waals surface area contributed by atoms with Crippen molar-refractivity contribution in [3.63, 3.8) is 0 Å². The summed E-state index contributed by atoms with van der Waals surface area (Å²) in [5.74, 6) is -0.0356. The van der Waals surface area contributed by atoms with Crippen LogP contribution in [0.3, 0.4) is 0 Å². The number of hydrogen-bond donors (Lipinski definition) is 3. The molecule has 1 aliphatic rings. The second-order valence-corrected chi connectivity index (χ2v) is 4.15. The smallest absolute Gasteiger partial charge is 0.236 e. The quantitative estimate of drug-likeness (QED) is 0.599. The van der Waals surface area contributed by atoms with Gasteiger partial charge in [-0.05, 0) is 19.8 Å². The van der Waals surface area contributed by atoms with Gasteiger partial charge in [0.05, 0.1) is 11.6 Å². The van der Waals surface area contributed by atoms with Crippen LogP contribution in [0.25, 0.3) is 0 Å². The number of carbonyl (C=O) groups is 1. The average Bonchev–Trinajstić information content (AvgIpc) is 2.61. The third-order valence-electron chi connectivity index (χ3n) is 2.91. The van der Waals surface area contributed by atoms with Crippen molar-refractivity contribution in [3.05, 3.63) is 0 Å². The molecule has 3 N–H and O–H groups in total. The van der Waals surface area contributed by atoms with Crippen LogP contribution in [-0.4, -0.2) is 36.2 Å². The zero-order valence-corrected chi connectivity index (χ0v) is 8.97. The Morgan fingerprint density at radius 2 is 2.07 bits per heavy atom. The number of hydrogen-bond acceptors (Lipinski definition) is 3. The molecule has 0 bridgehead atoms. The molecule has 0 aliphatic heterocycles. The largest absolute Gasteiger partial charge is 0.389 e. The lowest BCUT2D eigenvalue weighted by molar-refractivity contribution is -0.122. The van der Waals surface area contributed by atoms with E-state index in [4.69, 9.17) is 0 Å². The molecule has 0 radical (unpaired) electrons. The van der Waals surface area contributed by atoms with Crippen molar-refractivity contribution in [2.75, 3.05) is 13.6 Å². The van der Waals surface area contributed by atoms with Gasteiger partial charge in [-0.1, -0.05) is 12.8 Å². The van der Waals surface area contributed by atoms with E-state index in [1.807, 2.05) is 0 Å². The summed E-state index contributed by atoms with van der Waals surface area (Å²) in [5.41, 5.74) is -0.581. The van der Waals surface area contributed by atoms with Crippen molar-refractivity contribution in [1.29, 1.82) is 0 Å². The van der Waals surface area contributed by atoms with Crippen molar-refractivity contribution in [3.8, 4) is 0 Å². The van der Waals surface area contributed by atoms with Gasteiger partial charge in [0.15, 0.2) is 0 Å². The third kappa shape index (κ3) is 2.96. The molecule has 0 spiro atoms. The molecule has 82 valence electrons. The summed E-state index contributed by atoms with van der Waals surface area (Å²) in [5, 5.41) is 15.6. The van der Waals surface area contributed by atoms with Gasteiger partial charge in [-0.2, -0.15) is 0 Å². The van der Waals surface area contributed by atoms with Crippen molar-refractivity contribution >= 4 is 5.91 Å². The molecule has 14 heavy (non-hydrogen) atoms. The summed E-state index contributed by atoms with van der Waals surface area (Å²) in [6.45, 7) is 2.32. The molecule has 0 heterocycles. The summed E-state index contributed by atoms with van der Waals surface area (Å²) in [6, 6.07) is -0.232. The molecule has 0 aromatic carbocycles. The highest BCUT2D eigenvalue weighted by Gasteiger charge is 2.31. The Labute approximate surface area is 85.1 Å². The van der Waals surface area contributed by atoms with Crippen LogP contribution in [0.1, 0.15) is 32.6 Å². The number of rotatable bonds is 4. The topological polar surface area (TPSA) is 61.4 Å². The van der Waals surface area contributed by atoms with Gasteiger partial charge < -0.3 is 15.7 Å². The molecule has 1 saturated carbocycles. The van der Waals surface area contributed by atoms with Crippen molar-refractivity contribution in [1.82, 2.24) is 10.6 Å². The first-order valence-corrected chi connectivity index (χ1v) is 5.25. The van der Waals surface area contributed by atoms with Gasteiger partial charge in [0, 0.05) is 13.6 Å². The molecule has 1 aliphatic carbocycles. The van der Waals surface area contributed by atoms with Crippen LogP contribution < -0.4 is 10.6 Å². The first kappa shape index (κ1) is 11.5. The zero-order valence-electron chi connectivity index (χ0n) is 8.97. The van der Waals surface area contributed by atoms with Gasteiger partial charge in [-0.25, -0.2) is 0 Å². The van der Waals surface area contributed by atoms with Crippen molar-refractivity contribution in [2.45, 2.75) is 44.2 Å². The van der Waals surface area contributed by atoms with E-state index in [2.05, 4.69) is 10.6 Å². The second kappa shape index (κ2) is 4.75. The summed E-state index contributed by atoms with van der Waals surface area (Å²) >= 11 is 0. The van der Waals surface area contributed by atoms with E-state index < -0.39 is 5.60 Å². The average molecular weight is 200 g/mol. The summed E-state index contributed by atoms with van der Waals surface area (Å²) in [4.78, 5) is 11.2. The van der Waals surface area contributed by atoms with Crippen LogP contribution in [0.5, 0.6) is 0 Å². The highest BCUT2D eigenvalue weighted by Crippen LogP contribution is 2.28. The molecule has 0 aromatic rings. The van der Waals surface area contributed by atoms with Crippen LogP contribution >= 0.6 is 0 Å². The Morgan fingerprint density at radius 1 is 1.50 bits per heavy atom. The van der Waals surface area contributed by atoms with Gasteiger partial charge in [0.25, 0.3) is 0 Å². The number of carbonyl (C=O) groups excluding carboxylic acids is 1. The summed E-state index contributed by atoms with van der Waals surface area (Å²) in [7, 11) is 1.62. The van der Waals surface area contributed by atoms with Crippen LogP contribution in [0.4, 0.5) is 0 Å². The molecule has 1 rings (SSSR count). The number of amides is 1. The van der Waals surface area contributed by atoms with E-state index >= 15 is 0 Å². The monoisotopic (exact) mass is 200 g/mol. The van der Waals surface area contributed by atoms with E-state index in [-0.39, 0.29) is 11.9 Å². The first-order valence-electron chi connectivity index (χ1n) is 5.25. The van der Waals surface area contributed by atoms with Gasteiger partial charge in [-0.3, -0.25) is 4.79 Å². The molecule has 0 saturated heterocycles. The number of nitrogens with one attached hydrogen (secondary N) is 2. The van der Waals surface area contributed by atoms with Gasteiger partial charge >= 0.3 is 0 Å². The minimum atomic E-state index is -0.581. The standard InChI is InChI=1S/C10H20N2O2/c1-8(9(13)11-2)12-7-10(14)5-3-4-6-10/h8,12,14H,3-7H2,1-2H3,(H,11,13). The van der Waals surface area contributed by atoms with Crippen LogP contribution in [0.15, 0.2) is 0 Å². The third-order valence-corrected chi connectivity index (χ3v) is 2.91. The molecule has 4 heteroatoms. The zero-order chi connectivity index (χ0) is 10.6. The molecule has 1 amide bonds. The van der Waals surface area contributed by atoms with Crippen LogP contribution in [0.2, 0.25) is 0 Å². The molecule has 1 fully saturated rings. The second-order valence-electron chi connectivity index (χ2n) is 4.15. The van der Waals surface area contributed by atoms with Crippen LogP contribution in [-0.2, 0) is 4.79 Å². The number of aliphatic hydroxyl groups is 1. The predicted molar refractivity (Wildman–Crippen MR) is 54.9 cm³/mol. The molecule has 1 atom stereocenters. The van der Waals surface area contributed by atoms with Gasteiger partial charge in [-0.15, -0.1) is 0 Å². The molecule has 1 unspecified atom stereocenters. The molecule has 4 nitrogen and oxygen atoms in total. The Hall–Kier alpha value is -0.610. The maximum Gasteiger partial charge on any atom is 0.236 e. The molecular weight excluding hydrogens is 180 g/mol. The van der Waals surface area contributed by atoms with Crippen molar-refractivity contribution < 1.29 is 9.90 Å². The van der Waals surface area contributed by atoms with E-state index in [0.717, 1.165) is 25.7 Å². The maximum absolute atomic E-state index is 11.2. The summed E-state index contributed by atoms with van der Waals surface area (Å²) in [6.07, 6.45) is 3.87. The van der Waals surface area contributed by atoms with Gasteiger partial charge in [0.1, 0.15) is 0 Å². The molecular formula is C10H20N2O2. The normalized spacial score (nSPS) is 21.9. The van der Waals surface area contributed by atoms with E-state index in [1.54, 1.807) is 14.0 Å². The fraction of sp³-hybridized carbons (Fsp3) is 0.900. The van der Waals surface area contributed by atoms with E-state index in [0.29, 0.717) is 6.54 Å². The Bertz CT molecular complexity index is 200. The fourth-order valence-corrected chi connectivity index (χ4v) is 1.86. The summed E-state index contributed by atoms with van der Waals surface area (Å²) < 4.78 is 0. The number of likely N-dealkylation sites (N-methyl/N-ethyl adjacent to an activating group) is 1. The SMILES string of the molecule is CNC(=O)C(C)NCC1(O)CCCC1. The lowest BCUT2D eigenvalue weighted by atomic mass is 10.0. The predicted octanol–water partition coefficient (Wildman–Crippen LogP) is 0.0156. The van der Waals surface area contributed by atoms with Crippen molar-refractivity contribution in [2.24, 2.45) is 0 Å². The van der Waals surface area contributed by atoms with Crippen LogP contribution in [0, 0.1) is 0 Å². The Balaban J connectivity index is 2.28. The maximum atomic E-state index is 11.2. The lowest BCUT2D eigenvalue weighted by Crippen LogP contribution is -2.47.